The van der Waals surface area contributed by atoms with Crippen LogP contribution in [0.5, 0.6) is 0 Å². The molecule has 9 heavy (non-hydrogen) atoms. The first-order valence-corrected chi connectivity index (χ1v) is 3.54. The lowest BCUT2D eigenvalue weighted by atomic mass is 10.4. The number of thiophene rings is 1. The van der Waals surface area contributed by atoms with Crippen LogP contribution in [0.3, 0.4) is 0 Å². The molecule has 0 saturated heterocycles. The highest BCUT2D eigenvalue weighted by Gasteiger charge is 2.06. The molecule has 1 aromatic heterocycles. The van der Waals surface area contributed by atoms with Crippen molar-refractivity contribution in [3.8, 4) is 0 Å². The van der Waals surface area contributed by atoms with Crippen LogP contribution in [0.4, 0.5) is 0 Å². The van der Waals surface area contributed by atoms with Crippen LogP contribution in [0.2, 0.25) is 0 Å². The van der Waals surface area contributed by atoms with E-state index in [2.05, 4.69) is 12.6 Å². The first-order valence-electron chi connectivity index (χ1n) is 2.21. The summed E-state index contributed by atoms with van der Waals surface area (Å²) in [4.78, 5) is 10.2. The molecular formula is C5H4O2S2. The molecule has 0 spiro atoms. The van der Waals surface area contributed by atoms with Crippen molar-refractivity contribution in [2.75, 3.05) is 0 Å². The SMILES string of the molecule is O=C(O)c1ccsc1S. The summed E-state index contributed by atoms with van der Waals surface area (Å²) in [6.07, 6.45) is 0. The molecule has 0 amide bonds. The monoisotopic (exact) mass is 160 g/mol. The molecule has 0 atom stereocenters. The van der Waals surface area contributed by atoms with Crippen molar-refractivity contribution in [1.82, 2.24) is 0 Å². The predicted molar refractivity (Wildman–Crippen MR) is 38.5 cm³/mol. The molecule has 0 saturated carbocycles. The van der Waals surface area contributed by atoms with Gasteiger partial charge in [0, 0.05) is 0 Å². The average Bonchev–Trinajstić information content (AvgIpc) is 2.13. The highest BCUT2D eigenvalue weighted by Crippen LogP contribution is 2.19. The van der Waals surface area contributed by atoms with Gasteiger partial charge in [-0.3, -0.25) is 0 Å². The van der Waals surface area contributed by atoms with Crippen LogP contribution in [-0.4, -0.2) is 11.1 Å². The Kier molecular flexibility index (Phi) is 1.78. The molecule has 0 fully saturated rings. The Bertz CT molecular complexity index is 229. The number of carboxylic acid groups (broad SMARTS) is 1. The summed E-state index contributed by atoms with van der Waals surface area (Å²) in [5, 5.41) is 10.1. The van der Waals surface area contributed by atoms with Gasteiger partial charge in [0.25, 0.3) is 0 Å². The van der Waals surface area contributed by atoms with Crippen molar-refractivity contribution in [3.63, 3.8) is 0 Å². The molecule has 0 aromatic carbocycles. The van der Waals surface area contributed by atoms with Gasteiger partial charge in [0.1, 0.15) is 0 Å². The molecule has 0 unspecified atom stereocenters. The lowest BCUT2D eigenvalue weighted by Gasteiger charge is -1.85. The van der Waals surface area contributed by atoms with Gasteiger partial charge in [-0.15, -0.1) is 24.0 Å². The maximum atomic E-state index is 10.2. The van der Waals surface area contributed by atoms with Crippen molar-refractivity contribution in [1.29, 1.82) is 0 Å². The Balaban J connectivity index is 3.08. The van der Waals surface area contributed by atoms with Crippen molar-refractivity contribution in [2.24, 2.45) is 0 Å². The summed E-state index contributed by atoms with van der Waals surface area (Å²) >= 11 is 5.24. The zero-order valence-electron chi connectivity index (χ0n) is 4.37. The molecular weight excluding hydrogens is 156 g/mol. The molecule has 0 radical (unpaired) electrons. The summed E-state index contributed by atoms with van der Waals surface area (Å²) < 4.78 is 0.558. The molecule has 0 aliphatic carbocycles. The lowest BCUT2D eigenvalue weighted by molar-refractivity contribution is 0.0694. The first kappa shape index (κ1) is 6.64. The zero-order chi connectivity index (χ0) is 6.85. The number of hydrogen-bond donors (Lipinski definition) is 2. The van der Waals surface area contributed by atoms with E-state index >= 15 is 0 Å². The van der Waals surface area contributed by atoms with Crippen LogP contribution >= 0.6 is 24.0 Å². The second-order valence-corrected chi connectivity index (χ2v) is 3.11. The van der Waals surface area contributed by atoms with Gasteiger partial charge in [-0.25, -0.2) is 4.79 Å². The molecule has 48 valence electrons. The molecule has 2 nitrogen and oxygen atoms in total. The first-order chi connectivity index (χ1) is 4.22. The van der Waals surface area contributed by atoms with Crippen molar-refractivity contribution >= 4 is 29.9 Å². The fourth-order valence-electron chi connectivity index (χ4n) is 0.464. The van der Waals surface area contributed by atoms with Gasteiger partial charge in [0.05, 0.1) is 9.77 Å². The van der Waals surface area contributed by atoms with E-state index in [-0.39, 0.29) is 5.56 Å². The minimum atomic E-state index is -0.916. The van der Waals surface area contributed by atoms with E-state index in [1.165, 1.54) is 17.4 Å². The standard InChI is InChI=1S/C5H4O2S2/c6-4(7)3-1-2-9-5(3)8/h1-2,8H,(H,6,7). The van der Waals surface area contributed by atoms with Gasteiger partial charge < -0.3 is 5.11 Å². The summed E-state index contributed by atoms with van der Waals surface area (Å²) in [7, 11) is 0. The van der Waals surface area contributed by atoms with Crippen molar-refractivity contribution < 1.29 is 9.90 Å². The molecule has 1 rings (SSSR count). The van der Waals surface area contributed by atoms with Crippen LogP contribution in [0.25, 0.3) is 0 Å². The van der Waals surface area contributed by atoms with E-state index in [0.717, 1.165) is 0 Å². The van der Waals surface area contributed by atoms with E-state index in [1.807, 2.05) is 0 Å². The number of carbonyl (C=O) groups is 1. The number of hydrogen-bond acceptors (Lipinski definition) is 3. The summed E-state index contributed by atoms with van der Waals surface area (Å²) in [5.41, 5.74) is 0.281. The minimum absolute atomic E-state index is 0.281. The maximum Gasteiger partial charge on any atom is 0.337 e. The minimum Gasteiger partial charge on any atom is -0.478 e. The number of thiol groups is 1. The van der Waals surface area contributed by atoms with Crippen LogP contribution < -0.4 is 0 Å². The third kappa shape index (κ3) is 1.25. The van der Waals surface area contributed by atoms with Gasteiger partial charge in [-0.1, -0.05) is 0 Å². The normalized spacial score (nSPS) is 9.44. The fraction of sp³-hybridized carbons (Fsp3) is 0. The Morgan fingerprint density at radius 1 is 1.78 bits per heavy atom. The van der Waals surface area contributed by atoms with Gasteiger partial charge >= 0.3 is 5.97 Å². The zero-order valence-corrected chi connectivity index (χ0v) is 6.08. The predicted octanol–water partition coefficient (Wildman–Crippen LogP) is 1.73. The van der Waals surface area contributed by atoms with Crippen LogP contribution in [0.1, 0.15) is 10.4 Å². The second kappa shape index (κ2) is 2.41. The topological polar surface area (TPSA) is 37.3 Å². The molecule has 1 heterocycles. The molecule has 0 aliphatic rings. The van der Waals surface area contributed by atoms with Crippen molar-refractivity contribution in [3.05, 3.63) is 17.0 Å². The Morgan fingerprint density at radius 3 is 2.67 bits per heavy atom. The van der Waals surface area contributed by atoms with Crippen LogP contribution in [0, 0.1) is 0 Å². The van der Waals surface area contributed by atoms with Gasteiger partial charge in [-0.05, 0) is 11.4 Å². The molecule has 0 bridgehead atoms. The van der Waals surface area contributed by atoms with E-state index < -0.39 is 5.97 Å². The summed E-state index contributed by atoms with van der Waals surface area (Å²) in [5.74, 6) is -0.916. The molecule has 4 heteroatoms. The largest absolute Gasteiger partial charge is 0.478 e. The average molecular weight is 160 g/mol. The number of aromatic carboxylic acids is 1. The molecule has 0 aliphatic heterocycles. The third-order valence-electron chi connectivity index (χ3n) is 0.875. The van der Waals surface area contributed by atoms with Gasteiger partial charge in [0.15, 0.2) is 0 Å². The maximum absolute atomic E-state index is 10.2. The molecule has 1 aromatic rings. The summed E-state index contributed by atoms with van der Waals surface area (Å²) in [6, 6.07) is 1.54. The highest BCUT2D eigenvalue weighted by molar-refractivity contribution is 7.83. The van der Waals surface area contributed by atoms with Gasteiger partial charge in [-0.2, -0.15) is 0 Å². The van der Waals surface area contributed by atoms with Crippen LogP contribution in [0.15, 0.2) is 15.7 Å². The van der Waals surface area contributed by atoms with E-state index in [0.29, 0.717) is 4.21 Å². The summed E-state index contributed by atoms with van der Waals surface area (Å²) in [6.45, 7) is 0. The van der Waals surface area contributed by atoms with Gasteiger partial charge in [0.2, 0.25) is 0 Å². The Hall–Kier alpha value is -0.480. The Labute approximate surface area is 61.5 Å². The quantitative estimate of drug-likeness (QED) is 0.614. The highest BCUT2D eigenvalue weighted by atomic mass is 32.2. The van der Waals surface area contributed by atoms with E-state index in [1.54, 1.807) is 5.38 Å². The lowest BCUT2D eigenvalue weighted by Crippen LogP contribution is -1.92. The van der Waals surface area contributed by atoms with E-state index in [4.69, 9.17) is 5.11 Å². The number of rotatable bonds is 1. The fourth-order valence-corrected chi connectivity index (χ4v) is 1.43. The molecule has 1 N–H and O–H groups in total. The van der Waals surface area contributed by atoms with E-state index in [9.17, 15) is 4.79 Å². The van der Waals surface area contributed by atoms with Crippen molar-refractivity contribution in [2.45, 2.75) is 4.21 Å². The number of carboxylic acids is 1. The second-order valence-electron chi connectivity index (χ2n) is 1.44. The smallest absolute Gasteiger partial charge is 0.337 e. The third-order valence-corrected chi connectivity index (χ3v) is 2.15. The Morgan fingerprint density at radius 2 is 2.44 bits per heavy atom. The van der Waals surface area contributed by atoms with Crippen LogP contribution in [-0.2, 0) is 0 Å².